The Balaban J connectivity index is 1.75. The number of aryl methyl sites for hydroxylation is 1. The minimum atomic E-state index is -0.432. The van der Waals surface area contributed by atoms with Crippen molar-refractivity contribution < 1.29 is 9.13 Å². The van der Waals surface area contributed by atoms with E-state index in [1.807, 2.05) is 6.20 Å². The van der Waals surface area contributed by atoms with Gasteiger partial charge in [0.2, 0.25) is 0 Å². The third-order valence-electron chi connectivity index (χ3n) is 4.26. The molecule has 0 saturated carbocycles. The van der Waals surface area contributed by atoms with Crippen LogP contribution in [0.3, 0.4) is 0 Å². The molecule has 0 fully saturated rings. The molecule has 0 saturated heterocycles. The molecule has 0 radical (unpaired) electrons. The lowest BCUT2D eigenvalue weighted by atomic mass is 9.93. The molecule has 7 heteroatoms. The first-order chi connectivity index (χ1) is 11.3. The summed E-state index contributed by atoms with van der Waals surface area (Å²) in [6.45, 7) is 0. The molecule has 2 heterocycles. The molecule has 118 valence electrons. The van der Waals surface area contributed by atoms with Crippen LogP contribution in [-0.2, 0) is 6.42 Å². The van der Waals surface area contributed by atoms with E-state index in [4.69, 9.17) is 4.74 Å². The largest absolute Gasteiger partial charge is 0.494 e. The van der Waals surface area contributed by atoms with E-state index in [0.717, 1.165) is 30.3 Å². The van der Waals surface area contributed by atoms with Crippen LogP contribution in [0.25, 0.3) is 10.9 Å². The highest BCUT2D eigenvalue weighted by Gasteiger charge is 2.23. The lowest BCUT2D eigenvalue weighted by Crippen LogP contribution is -2.18. The molecule has 0 bridgehead atoms. The summed E-state index contributed by atoms with van der Waals surface area (Å²) in [6.07, 6.45) is 6.42. The number of benzene rings is 1. The number of H-pyrrole nitrogens is 1. The van der Waals surface area contributed by atoms with Gasteiger partial charge in [-0.25, -0.2) is 14.4 Å². The van der Waals surface area contributed by atoms with Crippen LogP contribution in [0.4, 0.5) is 10.2 Å². The second-order valence-corrected chi connectivity index (χ2v) is 5.62. The first kappa shape index (κ1) is 13.9. The maximum Gasteiger partial charge on any atom is 0.167 e. The molecular formula is C16H16FN5O. The molecular weight excluding hydrogens is 297 g/mol. The number of nitrogens with zero attached hydrogens (tertiary/aromatic N) is 3. The van der Waals surface area contributed by atoms with E-state index >= 15 is 0 Å². The van der Waals surface area contributed by atoms with Crippen molar-refractivity contribution in [3.8, 4) is 5.75 Å². The first-order valence-corrected chi connectivity index (χ1v) is 7.53. The van der Waals surface area contributed by atoms with Crippen molar-refractivity contribution in [3.63, 3.8) is 0 Å². The Labute approximate surface area is 132 Å². The van der Waals surface area contributed by atoms with E-state index in [2.05, 4.69) is 25.5 Å². The third-order valence-corrected chi connectivity index (χ3v) is 4.26. The molecule has 0 spiro atoms. The fourth-order valence-corrected chi connectivity index (χ4v) is 3.10. The Morgan fingerprint density at radius 3 is 3.13 bits per heavy atom. The Bertz CT molecular complexity index is 863. The Kier molecular flexibility index (Phi) is 3.33. The molecule has 4 rings (SSSR count). The van der Waals surface area contributed by atoms with E-state index in [9.17, 15) is 4.39 Å². The van der Waals surface area contributed by atoms with Crippen molar-refractivity contribution in [1.82, 2.24) is 20.2 Å². The normalized spacial score (nSPS) is 17.0. The van der Waals surface area contributed by atoms with Crippen molar-refractivity contribution in [2.24, 2.45) is 0 Å². The zero-order chi connectivity index (χ0) is 15.8. The van der Waals surface area contributed by atoms with Gasteiger partial charge in [-0.15, -0.1) is 0 Å². The highest BCUT2D eigenvalue weighted by Crippen LogP contribution is 2.33. The van der Waals surface area contributed by atoms with Gasteiger partial charge < -0.3 is 10.1 Å². The van der Waals surface area contributed by atoms with Gasteiger partial charge in [0, 0.05) is 11.5 Å². The number of aromatic amines is 1. The molecule has 23 heavy (non-hydrogen) atoms. The maximum atomic E-state index is 13.8. The van der Waals surface area contributed by atoms with E-state index in [1.54, 1.807) is 6.07 Å². The minimum absolute atomic E-state index is 0.107. The van der Waals surface area contributed by atoms with E-state index < -0.39 is 5.82 Å². The summed E-state index contributed by atoms with van der Waals surface area (Å²) in [5.74, 6) is 0.417. The number of hydrogen-bond donors (Lipinski definition) is 2. The number of anilines is 1. The smallest absolute Gasteiger partial charge is 0.167 e. The number of ether oxygens (including phenoxy) is 1. The average Bonchev–Trinajstić information content (AvgIpc) is 3.04. The number of rotatable bonds is 3. The van der Waals surface area contributed by atoms with Gasteiger partial charge in [-0.1, -0.05) is 0 Å². The van der Waals surface area contributed by atoms with Crippen LogP contribution in [0.5, 0.6) is 5.75 Å². The van der Waals surface area contributed by atoms with Gasteiger partial charge in [-0.3, -0.25) is 5.10 Å². The van der Waals surface area contributed by atoms with Crippen LogP contribution < -0.4 is 10.1 Å². The summed E-state index contributed by atoms with van der Waals surface area (Å²) in [4.78, 5) is 8.47. The maximum absolute atomic E-state index is 13.8. The van der Waals surface area contributed by atoms with Gasteiger partial charge in [0.05, 0.1) is 30.6 Å². The molecule has 1 aliphatic carbocycles. The summed E-state index contributed by atoms with van der Waals surface area (Å²) in [5.41, 5.74) is 2.87. The Morgan fingerprint density at radius 2 is 2.26 bits per heavy atom. The summed E-state index contributed by atoms with van der Waals surface area (Å²) in [5, 5.41) is 11.4. The number of aromatic nitrogens is 4. The predicted molar refractivity (Wildman–Crippen MR) is 83.9 cm³/mol. The second-order valence-electron chi connectivity index (χ2n) is 5.62. The third kappa shape index (κ3) is 2.38. The van der Waals surface area contributed by atoms with Crippen molar-refractivity contribution in [3.05, 3.63) is 41.7 Å². The molecule has 2 aromatic heterocycles. The quantitative estimate of drug-likeness (QED) is 0.777. The van der Waals surface area contributed by atoms with Crippen LogP contribution in [0, 0.1) is 5.82 Å². The summed E-state index contributed by atoms with van der Waals surface area (Å²) in [6, 6.07) is 3.10. The number of fused-ring (bicyclic) bond motifs is 2. The van der Waals surface area contributed by atoms with Gasteiger partial charge in [0.15, 0.2) is 11.6 Å². The number of hydrogen-bond acceptors (Lipinski definition) is 5. The molecule has 1 aromatic carbocycles. The number of methoxy groups -OCH3 is 1. The first-order valence-electron chi connectivity index (χ1n) is 7.53. The van der Waals surface area contributed by atoms with E-state index in [1.165, 1.54) is 25.1 Å². The molecule has 0 amide bonds. The average molecular weight is 313 g/mol. The standard InChI is InChI=1S/C16H16FN5O/c1-23-14-5-10-13(6-11(14)17)18-8-19-16(10)21-12-4-2-3-9-7-20-22-15(9)12/h5-8,12H,2-4H2,1H3,(H,20,22)(H,18,19,21). The van der Waals surface area contributed by atoms with Crippen molar-refractivity contribution in [2.75, 3.05) is 12.4 Å². The van der Waals surface area contributed by atoms with Crippen molar-refractivity contribution in [1.29, 1.82) is 0 Å². The fraction of sp³-hybridized carbons (Fsp3) is 0.312. The topological polar surface area (TPSA) is 75.7 Å². The molecule has 0 aliphatic heterocycles. The summed E-state index contributed by atoms with van der Waals surface area (Å²) in [7, 11) is 1.44. The van der Waals surface area contributed by atoms with Crippen molar-refractivity contribution >= 4 is 16.7 Å². The highest BCUT2D eigenvalue weighted by molar-refractivity contribution is 5.90. The lowest BCUT2D eigenvalue weighted by Gasteiger charge is -2.24. The molecule has 1 unspecified atom stereocenters. The molecule has 1 atom stereocenters. The molecule has 2 N–H and O–H groups in total. The SMILES string of the molecule is COc1cc2c(NC3CCCc4cn[nH]c43)ncnc2cc1F. The van der Waals surface area contributed by atoms with E-state index in [-0.39, 0.29) is 11.8 Å². The minimum Gasteiger partial charge on any atom is -0.494 e. The van der Waals surface area contributed by atoms with E-state index in [0.29, 0.717) is 11.3 Å². The zero-order valence-corrected chi connectivity index (χ0v) is 12.6. The monoisotopic (exact) mass is 313 g/mol. The van der Waals surface area contributed by atoms with Gasteiger partial charge in [0.25, 0.3) is 0 Å². The zero-order valence-electron chi connectivity index (χ0n) is 12.6. The van der Waals surface area contributed by atoms with Gasteiger partial charge >= 0.3 is 0 Å². The highest BCUT2D eigenvalue weighted by atomic mass is 19.1. The second kappa shape index (κ2) is 5.49. The van der Waals surface area contributed by atoms with Crippen LogP contribution in [-0.4, -0.2) is 27.3 Å². The summed E-state index contributed by atoms with van der Waals surface area (Å²) < 4.78 is 18.9. The van der Waals surface area contributed by atoms with Crippen LogP contribution in [0.15, 0.2) is 24.7 Å². The van der Waals surface area contributed by atoms with Gasteiger partial charge in [-0.2, -0.15) is 5.10 Å². The number of nitrogens with one attached hydrogen (secondary N) is 2. The predicted octanol–water partition coefficient (Wildman–Crippen LogP) is 2.99. The molecule has 3 aromatic rings. The molecule has 6 nitrogen and oxygen atoms in total. The summed E-state index contributed by atoms with van der Waals surface area (Å²) >= 11 is 0. The van der Waals surface area contributed by atoms with Crippen molar-refractivity contribution in [2.45, 2.75) is 25.3 Å². The van der Waals surface area contributed by atoms with Crippen LogP contribution in [0.2, 0.25) is 0 Å². The lowest BCUT2D eigenvalue weighted by molar-refractivity contribution is 0.387. The number of halogens is 1. The molecule has 1 aliphatic rings. The Hall–Kier alpha value is -2.70. The fourth-order valence-electron chi connectivity index (χ4n) is 3.10. The van der Waals surface area contributed by atoms with Crippen LogP contribution in [0.1, 0.15) is 30.1 Å². The van der Waals surface area contributed by atoms with Crippen LogP contribution >= 0.6 is 0 Å². The Morgan fingerprint density at radius 1 is 1.35 bits per heavy atom. The van der Waals surface area contributed by atoms with Gasteiger partial charge in [-0.05, 0) is 30.9 Å². The van der Waals surface area contributed by atoms with Gasteiger partial charge in [0.1, 0.15) is 12.1 Å².